The van der Waals surface area contributed by atoms with E-state index in [4.69, 9.17) is 0 Å². The fraction of sp³-hybridized carbons (Fsp3) is 0.364. The van der Waals surface area contributed by atoms with Crippen LogP contribution in [0.25, 0.3) is 11.5 Å². The molecule has 1 N–H and O–H groups in total. The molecule has 2 heterocycles. The van der Waals surface area contributed by atoms with Crippen LogP contribution in [-0.2, 0) is 6.54 Å². The van der Waals surface area contributed by atoms with Crippen LogP contribution in [0.2, 0.25) is 0 Å². The SMILES string of the molecule is CC(C)NCc1cnc(-c2cscn2)nc1. The molecule has 0 radical (unpaired) electrons. The van der Waals surface area contributed by atoms with E-state index in [-0.39, 0.29) is 0 Å². The number of nitrogens with zero attached hydrogens (tertiary/aromatic N) is 3. The van der Waals surface area contributed by atoms with Crippen LogP contribution in [0.4, 0.5) is 0 Å². The Kier molecular flexibility index (Phi) is 3.58. The molecule has 2 aromatic heterocycles. The van der Waals surface area contributed by atoms with E-state index in [0.717, 1.165) is 17.8 Å². The highest BCUT2D eigenvalue weighted by Crippen LogP contribution is 2.13. The van der Waals surface area contributed by atoms with Gasteiger partial charge < -0.3 is 5.32 Å². The van der Waals surface area contributed by atoms with Gasteiger partial charge in [-0.25, -0.2) is 15.0 Å². The molecule has 0 aliphatic heterocycles. The van der Waals surface area contributed by atoms with E-state index in [1.807, 2.05) is 17.8 Å². The molecule has 0 fully saturated rings. The third-order valence-electron chi connectivity index (χ3n) is 2.08. The van der Waals surface area contributed by atoms with Gasteiger partial charge in [-0.3, -0.25) is 0 Å². The third kappa shape index (κ3) is 2.84. The van der Waals surface area contributed by atoms with Crippen molar-refractivity contribution in [2.24, 2.45) is 0 Å². The lowest BCUT2D eigenvalue weighted by atomic mass is 10.3. The second-order valence-electron chi connectivity index (χ2n) is 3.82. The molecule has 0 unspecified atom stereocenters. The summed E-state index contributed by atoms with van der Waals surface area (Å²) in [5.74, 6) is 0.689. The summed E-state index contributed by atoms with van der Waals surface area (Å²) < 4.78 is 0. The van der Waals surface area contributed by atoms with Crippen molar-refractivity contribution >= 4 is 11.3 Å². The molecule has 0 aromatic carbocycles. The predicted molar refractivity (Wildman–Crippen MR) is 65.1 cm³/mol. The Bertz CT molecular complexity index is 422. The van der Waals surface area contributed by atoms with Gasteiger partial charge in [-0.2, -0.15) is 0 Å². The predicted octanol–water partition coefficient (Wildman–Crippen LogP) is 2.10. The molecule has 0 bridgehead atoms. The number of aromatic nitrogens is 3. The molecule has 0 saturated heterocycles. The monoisotopic (exact) mass is 234 g/mol. The third-order valence-corrected chi connectivity index (χ3v) is 2.67. The van der Waals surface area contributed by atoms with E-state index in [9.17, 15) is 0 Å². The van der Waals surface area contributed by atoms with Crippen molar-refractivity contribution in [3.8, 4) is 11.5 Å². The van der Waals surface area contributed by atoms with Crippen molar-refractivity contribution in [3.63, 3.8) is 0 Å². The van der Waals surface area contributed by atoms with Gasteiger partial charge in [-0.1, -0.05) is 13.8 Å². The van der Waals surface area contributed by atoms with Crippen LogP contribution >= 0.6 is 11.3 Å². The molecule has 5 heteroatoms. The smallest absolute Gasteiger partial charge is 0.178 e. The lowest BCUT2D eigenvalue weighted by Gasteiger charge is -2.07. The maximum Gasteiger partial charge on any atom is 0.178 e. The first-order chi connectivity index (χ1) is 7.75. The number of nitrogens with one attached hydrogen (secondary N) is 1. The number of rotatable bonds is 4. The van der Waals surface area contributed by atoms with Gasteiger partial charge in [0.1, 0.15) is 5.69 Å². The van der Waals surface area contributed by atoms with Crippen LogP contribution in [0.1, 0.15) is 19.4 Å². The minimum absolute atomic E-state index is 0.471. The summed E-state index contributed by atoms with van der Waals surface area (Å²) in [6.07, 6.45) is 3.69. The van der Waals surface area contributed by atoms with Gasteiger partial charge in [-0.05, 0) is 0 Å². The fourth-order valence-corrected chi connectivity index (χ4v) is 1.75. The topological polar surface area (TPSA) is 50.7 Å². The molecule has 16 heavy (non-hydrogen) atoms. The Morgan fingerprint density at radius 3 is 2.56 bits per heavy atom. The van der Waals surface area contributed by atoms with Crippen molar-refractivity contribution < 1.29 is 0 Å². The molecule has 2 rings (SSSR count). The van der Waals surface area contributed by atoms with Crippen molar-refractivity contribution in [3.05, 3.63) is 28.8 Å². The van der Waals surface area contributed by atoms with E-state index >= 15 is 0 Å². The summed E-state index contributed by atoms with van der Waals surface area (Å²) in [5, 5.41) is 5.27. The van der Waals surface area contributed by atoms with Gasteiger partial charge in [0.2, 0.25) is 0 Å². The van der Waals surface area contributed by atoms with Crippen LogP contribution < -0.4 is 5.32 Å². The van der Waals surface area contributed by atoms with Crippen molar-refractivity contribution in [1.82, 2.24) is 20.3 Å². The Morgan fingerprint density at radius 2 is 2.00 bits per heavy atom. The first-order valence-corrected chi connectivity index (χ1v) is 6.13. The van der Waals surface area contributed by atoms with Gasteiger partial charge in [0.05, 0.1) is 5.51 Å². The first-order valence-electron chi connectivity index (χ1n) is 5.18. The lowest BCUT2D eigenvalue weighted by Crippen LogP contribution is -2.21. The second-order valence-corrected chi connectivity index (χ2v) is 4.54. The number of hydrogen-bond acceptors (Lipinski definition) is 5. The summed E-state index contributed by atoms with van der Waals surface area (Å²) in [7, 11) is 0. The zero-order chi connectivity index (χ0) is 11.4. The molecule has 0 spiro atoms. The Morgan fingerprint density at radius 1 is 1.25 bits per heavy atom. The molecular formula is C11H14N4S. The average Bonchev–Trinajstić information content (AvgIpc) is 2.80. The van der Waals surface area contributed by atoms with Crippen LogP contribution in [0.3, 0.4) is 0 Å². The highest BCUT2D eigenvalue weighted by atomic mass is 32.1. The molecular weight excluding hydrogens is 220 g/mol. The molecule has 84 valence electrons. The van der Waals surface area contributed by atoms with Crippen LogP contribution in [0.5, 0.6) is 0 Å². The average molecular weight is 234 g/mol. The van der Waals surface area contributed by atoms with Gasteiger partial charge in [0.15, 0.2) is 5.82 Å². The number of thiazole rings is 1. The fourth-order valence-electron chi connectivity index (χ4n) is 1.22. The Balaban J connectivity index is 2.05. The van der Waals surface area contributed by atoms with Crippen molar-refractivity contribution in [1.29, 1.82) is 0 Å². The zero-order valence-electron chi connectivity index (χ0n) is 9.34. The summed E-state index contributed by atoms with van der Waals surface area (Å²) in [6, 6.07) is 0.471. The minimum atomic E-state index is 0.471. The summed E-state index contributed by atoms with van der Waals surface area (Å²) >= 11 is 1.55. The van der Waals surface area contributed by atoms with E-state index in [1.54, 1.807) is 16.8 Å². The van der Waals surface area contributed by atoms with Gasteiger partial charge in [-0.15, -0.1) is 11.3 Å². The first kappa shape index (κ1) is 11.2. The van der Waals surface area contributed by atoms with Crippen molar-refractivity contribution in [2.75, 3.05) is 0 Å². The maximum absolute atomic E-state index is 4.29. The molecule has 0 aliphatic carbocycles. The summed E-state index contributed by atoms with van der Waals surface area (Å²) in [6.45, 7) is 5.03. The normalized spacial score (nSPS) is 10.9. The highest BCUT2D eigenvalue weighted by molar-refractivity contribution is 7.07. The molecule has 4 nitrogen and oxygen atoms in total. The summed E-state index contributed by atoms with van der Waals surface area (Å²) in [5.41, 5.74) is 3.72. The van der Waals surface area contributed by atoms with E-state index in [0.29, 0.717) is 11.9 Å². The standard InChI is InChI=1S/C11H14N4S/c1-8(2)12-3-9-4-13-11(14-5-9)10-6-16-7-15-10/h4-8,12H,3H2,1-2H3. The lowest BCUT2D eigenvalue weighted by molar-refractivity contribution is 0.587. The zero-order valence-corrected chi connectivity index (χ0v) is 10.2. The highest BCUT2D eigenvalue weighted by Gasteiger charge is 2.03. The van der Waals surface area contributed by atoms with E-state index in [1.165, 1.54) is 0 Å². The Labute approximate surface area is 98.8 Å². The van der Waals surface area contributed by atoms with Crippen molar-refractivity contribution in [2.45, 2.75) is 26.4 Å². The van der Waals surface area contributed by atoms with Crippen LogP contribution in [0, 0.1) is 0 Å². The molecule has 2 aromatic rings. The molecule has 0 atom stereocenters. The minimum Gasteiger partial charge on any atom is -0.310 e. The molecule has 0 aliphatic rings. The van der Waals surface area contributed by atoms with Gasteiger partial charge >= 0.3 is 0 Å². The van der Waals surface area contributed by atoms with E-state index < -0.39 is 0 Å². The number of hydrogen-bond donors (Lipinski definition) is 1. The quantitative estimate of drug-likeness (QED) is 0.880. The van der Waals surface area contributed by atoms with E-state index in [2.05, 4.69) is 34.1 Å². The van der Waals surface area contributed by atoms with Crippen LogP contribution in [0.15, 0.2) is 23.3 Å². The molecule has 0 saturated carbocycles. The maximum atomic E-state index is 4.29. The molecule has 0 amide bonds. The Hall–Kier alpha value is -1.33. The second kappa shape index (κ2) is 5.14. The van der Waals surface area contributed by atoms with Gasteiger partial charge in [0.25, 0.3) is 0 Å². The van der Waals surface area contributed by atoms with Crippen LogP contribution in [-0.4, -0.2) is 21.0 Å². The van der Waals surface area contributed by atoms with Gasteiger partial charge in [0, 0.05) is 35.9 Å². The summed E-state index contributed by atoms with van der Waals surface area (Å²) in [4.78, 5) is 12.8. The largest absolute Gasteiger partial charge is 0.310 e.